The highest BCUT2D eigenvalue weighted by atomic mass is 127. The smallest absolute Gasteiger partial charge is 0.244 e. The number of hydrogen-bond donors (Lipinski definition) is 1. The standard InChI is InChI=1S/C24H30Cl2IN3O4S/c1-4-6-13-28-24(32)22(5-2)29(15-17-7-8-18(25)14-21(17)26)23(31)16-30(35(3,33)34)20-11-9-19(27)10-12-20/h7-12,14,22H,4-6,13,15-16H2,1-3H3,(H,28,32)/t22-/m0/s1. The Hall–Kier alpha value is -1.56. The molecule has 0 aromatic heterocycles. The van der Waals surface area contributed by atoms with Gasteiger partial charge in [0.25, 0.3) is 0 Å². The van der Waals surface area contributed by atoms with Gasteiger partial charge in [-0.05, 0) is 77.4 Å². The van der Waals surface area contributed by atoms with Gasteiger partial charge in [-0.25, -0.2) is 8.42 Å². The van der Waals surface area contributed by atoms with Crippen molar-refractivity contribution in [2.75, 3.05) is 23.7 Å². The summed E-state index contributed by atoms with van der Waals surface area (Å²) >= 11 is 14.5. The number of carbonyl (C=O) groups excluding carboxylic acids is 2. The molecular weight excluding hydrogens is 624 g/mol. The number of nitrogens with zero attached hydrogens (tertiary/aromatic N) is 2. The Kier molecular flexibility index (Phi) is 11.6. The van der Waals surface area contributed by atoms with Gasteiger partial charge in [-0.15, -0.1) is 0 Å². The summed E-state index contributed by atoms with van der Waals surface area (Å²) in [4.78, 5) is 28.0. The highest BCUT2D eigenvalue weighted by Crippen LogP contribution is 2.25. The normalized spacial score (nSPS) is 12.2. The minimum absolute atomic E-state index is 0.0266. The fourth-order valence-corrected chi connectivity index (χ4v) is 5.16. The monoisotopic (exact) mass is 653 g/mol. The topological polar surface area (TPSA) is 86.8 Å². The molecule has 2 aromatic rings. The fourth-order valence-electron chi connectivity index (χ4n) is 3.48. The van der Waals surface area contributed by atoms with E-state index in [0.29, 0.717) is 34.3 Å². The van der Waals surface area contributed by atoms with Crippen molar-refractivity contribution < 1.29 is 18.0 Å². The molecule has 1 N–H and O–H groups in total. The van der Waals surface area contributed by atoms with Crippen molar-refractivity contribution in [2.45, 2.75) is 45.7 Å². The number of anilines is 1. The minimum Gasteiger partial charge on any atom is -0.354 e. The highest BCUT2D eigenvalue weighted by molar-refractivity contribution is 14.1. The molecule has 2 rings (SSSR count). The van der Waals surface area contributed by atoms with Crippen LogP contribution in [0, 0.1) is 3.57 Å². The quantitative estimate of drug-likeness (QED) is 0.256. The van der Waals surface area contributed by atoms with Crippen LogP contribution < -0.4 is 9.62 Å². The summed E-state index contributed by atoms with van der Waals surface area (Å²) in [6.45, 7) is 3.89. The number of hydrogen-bond acceptors (Lipinski definition) is 4. The first kappa shape index (κ1) is 29.7. The van der Waals surface area contributed by atoms with E-state index < -0.39 is 28.5 Å². The van der Waals surface area contributed by atoms with Crippen molar-refractivity contribution in [3.05, 3.63) is 61.6 Å². The van der Waals surface area contributed by atoms with Crippen molar-refractivity contribution in [3.8, 4) is 0 Å². The first-order valence-corrected chi connectivity index (χ1v) is 14.9. The number of halogens is 3. The largest absolute Gasteiger partial charge is 0.354 e. The van der Waals surface area contributed by atoms with E-state index in [0.717, 1.165) is 27.0 Å². The second kappa shape index (κ2) is 13.7. The Morgan fingerprint density at radius 1 is 1.09 bits per heavy atom. The number of unbranched alkanes of at least 4 members (excludes halogenated alkanes) is 1. The van der Waals surface area contributed by atoms with Crippen molar-refractivity contribution >= 4 is 73.3 Å². The van der Waals surface area contributed by atoms with Crippen LogP contribution >= 0.6 is 45.8 Å². The zero-order valence-electron chi connectivity index (χ0n) is 19.9. The lowest BCUT2D eigenvalue weighted by molar-refractivity contribution is -0.140. The molecule has 0 radical (unpaired) electrons. The molecule has 0 unspecified atom stereocenters. The maximum atomic E-state index is 13.6. The van der Waals surface area contributed by atoms with Crippen molar-refractivity contribution in [3.63, 3.8) is 0 Å². The third-order valence-corrected chi connectivity index (χ3v) is 7.81. The fraction of sp³-hybridized carbons (Fsp3) is 0.417. The molecule has 0 spiro atoms. The van der Waals surface area contributed by atoms with Gasteiger partial charge in [0.1, 0.15) is 12.6 Å². The number of rotatable bonds is 12. The van der Waals surface area contributed by atoms with Gasteiger partial charge < -0.3 is 10.2 Å². The Morgan fingerprint density at radius 3 is 2.29 bits per heavy atom. The van der Waals surface area contributed by atoms with Crippen LogP contribution in [-0.2, 0) is 26.2 Å². The highest BCUT2D eigenvalue weighted by Gasteiger charge is 2.32. The molecule has 0 bridgehead atoms. The van der Waals surface area contributed by atoms with Crippen LogP contribution in [0.4, 0.5) is 5.69 Å². The van der Waals surface area contributed by atoms with Gasteiger partial charge in [0.2, 0.25) is 21.8 Å². The van der Waals surface area contributed by atoms with E-state index in [1.807, 2.05) is 6.92 Å². The number of nitrogens with one attached hydrogen (secondary N) is 1. The third kappa shape index (κ3) is 8.80. The van der Waals surface area contributed by atoms with Crippen LogP contribution in [0.2, 0.25) is 10.0 Å². The Bertz CT molecular complexity index is 1130. The average Bonchev–Trinajstić information content (AvgIpc) is 2.78. The lowest BCUT2D eigenvalue weighted by Crippen LogP contribution is -2.52. The van der Waals surface area contributed by atoms with Gasteiger partial charge in [0.05, 0.1) is 11.9 Å². The molecule has 2 amide bonds. The van der Waals surface area contributed by atoms with Gasteiger partial charge in [-0.3, -0.25) is 13.9 Å². The summed E-state index contributed by atoms with van der Waals surface area (Å²) < 4.78 is 27.2. The SMILES string of the molecule is CCCCNC(=O)[C@H](CC)N(Cc1ccc(Cl)cc1Cl)C(=O)CN(c1ccc(I)cc1)S(C)(=O)=O. The van der Waals surface area contributed by atoms with Crippen LogP contribution in [0.15, 0.2) is 42.5 Å². The van der Waals surface area contributed by atoms with Gasteiger partial charge >= 0.3 is 0 Å². The number of sulfonamides is 1. The molecule has 0 heterocycles. The lowest BCUT2D eigenvalue weighted by atomic mass is 10.1. The van der Waals surface area contributed by atoms with Crippen molar-refractivity contribution in [1.29, 1.82) is 0 Å². The maximum Gasteiger partial charge on any atom is 0.244 e. The minimum atomic E-state index is -3.78. The van der Waals surface area contributed by atoms with Crippen LogP contribution in [-0.4, -0.2) is 50.5 Å². The molecule has 0 fully saturated rings. The Morgan fingerprint density at radius 2 is 1.74 bits per heavy atom. The van der Waals surface area contributed by atoms with E-state index in [1.165, 1.54) is 4.90 Å². The van der Waals surface area contributed by atoms with E-state index in [1.54, 1.807) is 49.4 Å². The molecule has 11 heteroatoms. The second-order valence-corrected chi connectivity index (χ2v) is 12.1. The predicted molar refractivity (Wildman–Crippen MR) is 150 cm³/mol. The zero-order valence-corrected chi connectivity index (χ0v) is 24.4. The lowest BCUT2D eigenvalue weighted by Gasteiger charge is -2.33. The molecule has 0 saturated carbocycles. The molecule has 0 aliphatic rings. The molecule has 35 heavy (non-hydrogen) atoms. The summed E-state index contributed by atoms with van der Waals surface area (Å²) in [6, 6.07) is 10.9. The van der Waals surface area contributed by atoms with E-state index in [9.17, 15) is 18.0 Å². The molecular formula is C24H30Cl2IN3O4S. The predicted octanol–water partition coefficient (Wildman–Crippen LogP) is 5.09. The average molecular weight is 654 g/mol. The first-order chi connectivity index (χ1) is 16.5. The van der Waals surface area contributed by atoms with Crippen LogP contribution in [0.5, 0.6) is 0 Å². The van der Waals surface area contributed by atoms with Crippen LogP contribution in [0.1, 0.15) is 38.7 Å². The summed E-state index contributed by atoms with van der Waals surface area (Å²) in [5, 5.41) is 3.68. The molecule has 7 nitrogen and oxygen atoms in total. The Balaban J connectivity index is 2.43. The summed E-state index contributed by atoms with van der Waals surface area (Å²) in [7, 11) is -3.78. The Labute approximate surface area is 231 Å². The van der Waals surface area contributed by atoms with Crippen molar-refractivity contribution in [1.82, 2.24) is 10.2 Å². The molecule has 0 aliphatic carbocycles. The van der Waals surface area contributed by atoms with Crippen LogP contribution in [0.3, 0.4) is 0 Å². The molecule has 2 aromatic carbocycles. The van der Waals surface area contributed by atoms with E-state index in [2.05, 4.69) is 27.9 Å². The summed E-state index contributed by atoms with van der Waals surface area (Å²) in [5.41, 5.74) is 0.968. The van der Waals surface area contributed by atoms with Gasteiger partial charge in [0.15, 0.2) is 0 Å². The van der Waals surface area contributed by atoms with Gasteiger partial charge in [-0.2, -0.15) is 0 Å². The molecule has 1 atom stereocenters. The summed E-state index contributed by atoms with van der Waals surface area (Å²) in [5.74, 6) is -0.808. The third-order valence-electron chi connectivity index (χ3n) is 5.37. The van der Waals surface area contributed by atoms with Crippen molar-refractivity contribution in [2.24, 2.45) is 0 Å². The molecule has 0 aliphatic heterocycles. The van der Waals surface area contributed by atoms with E-state index in [4.69, 9.17) is 23.2 Å². The number of carbonyl (C=O) groups is 2. The van der Waals surface area contributed by atoms with E-state index >= 15 is 0 Å². The number of amides is 2. The van der Waals surface area contributed by atoms with Gasteiger partial charge in [-0.1, -0.05) is 49.5 Å². The van der Waals surface area contributed by atoms with E-state index in [-0.39, 0.29) is 12.5 Å². The maximum absolute atomic E-state index is 13.6. The first-order valence-electron chi connectivity index (χ1n) is 11.2. The second-order valence-electron chi connectivity index (χ2n) is 8.07. The zero-order chi connectivity index (χ0) is 26.2. The molecule has 0 saturated heterocycles. The molecule has 192 valence electrons. The number of benzene rings is 2. The summed E-state index contributed by atoms with van der Waals surface area (Å²) in [6.07, 6.45) is 3.12. The van der Waals surface area contributed by atoms with Gasteiger partial charge in [0, 0.05) is 26.7 Å². The van der Waals surface area contributed by atoms with Crippen LogP contribution in [0.25, 0.3) is 0 Å².